The molecule has 0 radical (unpaired) electrons. The Labute approximate surface area is 68.7 Å². The Kier molecular flexibility index (Phi) is 4.71. The third-order valence-electron chi connectivity index (χ3n) is 0.199. The van der Waals surface area contributed by atoms with Gasteiger partial charge in [-0.25, -0.2) is 0 Å². The Morgan fingerprint density at radius 1 is 0.900 bits per heavy atom. The number of hydrogen-bond donors (Lipinski definition) is 1. The fourth-order valence-electron chi connectivity index (χ4n) is 0.119. The molecule has 1 N–H and O–H groups in total. The second-order valence-electron chi connectivity index (χ2n) is 0.959. The molecular formula is H2F2LiNO4S2. The average molecular weight is 189 g/mol. The van der Waals surface area contributed by atoms with Crippen LogP contribution in [0.4, 0.5) is 7.77 Å². The van der Waals surface area contributed by atoms with E-state index in [9.17, 15) is 24.6 Å². The molecule has 0 aliphatic carbocycles. The van der Waals surface area contributed by atoms with Crippen molar-refractivity contribution in [3.8, 4) is 0 Å². The van der Waals surface area contributed by atoms with Crippen LogP contribution in [0.15, 0.2) is 0 Å². The van der Waals surface area contributed by atoms with E-state index in [1.807, 2.05) is 0 Å². The van der Waals surface area contributed by atoms with E-state index in [2.05, 4.69) is 0 Å². The van der Waals surface area contributed by atoms with Gasteiger partial charge < -0.3 is 0 Å². The Morgan fingerprint density at radius 3 is 1.10 bits per heavy atom. The number of nitrogens with one attached hydrogen (secondary N) is 1. The van der Waals surface area contributed by atoms with Crippen molar-refractivity contribution in [2.24, 2.45) is 0 Å². The minimum absolute atomic E-state index is 0. The van der Waals surface area contributed by atoms with Gasteiger partial charge in [-0.15, -0.1) is 0 Å². The summed E-state index contributed by atoms with van der Waals surface area (Å²) in [5, 5.41) is 0. The molecule has 0 unspecified atom stereocenters. The summed E-state index contributed by atoms with van der Waals surface area (Å²) in [5.41, 5.74) is 0. The van der Waals surface area contributed by atoms with Gasteiger partial charge in [0.25, 0.3) is 0 Å². The molecule has 0 aromatic heterocycles. The van der Waals surface area contributed by atoms with Crippen LogP contribution in [0.2, 0.25) is 0 Å². The molecule has 0 aliphatic rings. The van der Waals surface area contributed by atoms with E-state index in [-0.39, 0.29) is 23.0 Å². The fraction of sp³-hybridized carbons (Fsp3) is 0. The normalized spacial score (nSPS) is 12.2. The third kappa shape index (κ3) is 11.2. The third-order valence-corrected chi connectivity index (χ3v) is 1.79. The molecule has 58 valence electrons. The zero-order valence-electron chi connectivity index (χ0n) is 3.71. The van der Waals surface area contributed by atoms with Gasteiger partial charge in [0.1, 0.15) is 0 Å². The van der Waals surface area contributed by atoms with Crippen LogP contribution in [-0.4, -0.2) is 35.7 Å². The summed E-state index contributed by atoms with van der Waals surface area (Å²) < 4.78 is 59.3. The van der Waals surface area contributed by atoms with Crippen LogP contribution in [-0.2, 0) is 20.8 Å². The zero-order valence-corrected chi connectivity index (χ0v) is 5.34. The fourth-order valence-corrected chi connectivity index (χ4v) is 1.07. The average Bonchev–Trinajstić information content (AvgIpc) is 1.14. The second-order valence-corrected chi connectivity index (χ2v) is 3.38. The first kappa shape index (κ1) is 12.9. The first-order valence-electron chi connectivity index (χ1n) is 1.38. The van der Waals surface area contributed by atoms with Crippen molar-refractivity contribution in [3.05, 3.63) is 0 Å². The summed E-state index contributed by atoms with van der Waals surface area (Å²) in [6, 6.07) is 0. The topological polar surface area (TPSA) is 80.3 Å². The maximum absolute atomic E-state index is 11.1. The molecule has 5 nitrogen and oxygen atoms in total. The van der Waals surface area contributed by atoms with Gasteiger partial charge in [0.05, 0.1) is 0 Å². The molecule has 0 saturated heterocycles. The molecule has 0 saturated carbocycles. The van der Waals surface area contributed by atoms with E-state index in [1.54, 1.807) is 0 Å². The summed E-state index contributed by atoms with van der Waals surface area (Å²) >= 11 is 0. The van der Waals surface area contributed by atoms with Crippen LogP contribution in [0.5, 0.6) is 0 Å². The molecule has 0 atom stereocenters. The minimum atomic E-state index is -5.49. The summed E-state index contributed by atoms with van der Waals surface area (Å²) in [6.45, 7) is 0. The summed E-state index contributed by atoms with van der Waals surface area (Å²) in [4.78, 5) is 0. The first-order valence-corrected chi connectivity index (χ1v) is 4.15. The molecule has 10 heavy (non-hydrogen) atoms. The molecule has 0 heterocycles. The van der Waals surface area contributed by atoms with Crippen LogP contribution in [0, 0.1) is 0 Å². The molecule has 0 aliphatic heterocycles. The Balaban J connectivity index is 0. The van der Waals surface area contributed by atoms with E-state index in [0.29, 0.717) is 0 Å². The summed E-state index contributed by atoms with van der Waals surface area (Å²) in [6.07, 6.45) is 0. The molecule has 0 amide bonds. The molecule has 0 spiro atoms. The SMILES string of the molecule is O=S(=O)(F)NS(=O)(=O)F.[LiH]. The van der Waals surface area contributed by atoms with E-state index in [4.69, 9.17) is 0 Å². The summed E-state index contributed by atoms with van der Waals surface area (Å²) in [5.74, 6) is 0. The maximum atomic E-state index is 11.1. The standard InChI is InChI=1S/F2HNO4S2.Li.H/c1-8(4,5)3-9(2,6)7;;/h3H;;. The van der Waals surface area contributed by atoms with E-state index in [1.165, 1.54) is 0 Å². The molecule has 0 fully saturated rings. The van der Waals surface area contributed by atoms with Crippen molar-refractivity contribution in [1.29, 1.82) is 0 Å². The molecule has 0 rings (SSSR count). The predicted octanol–water partition coefficient (Wildman–Crippen LogP) is -1.64. The van der Waals surface area contributed by atoms with Crippen LogP contribution in [0.25, 0.3) is 0 Å². The van der Waals surface area contributed by atoms with Crippen LogP contribution in [0.3, 0.4) is 0 Å². The van der Waals surface area contributed by atoms with Crippen molar-refractivity contribution in [3.63, 3.8) is 0 Å². The summed E-state index contributed by atoms with van der Waals surface area (Å²) in [7, 11) is -11.0. The van der Waals surface area contributed by atoms with Crippen molar-refractivity contribution in [1.82, 2.24) is 4.13 Å². The van der Waals surface area contributed by atoms with Gasteiger partial charge in [-0.3, -0.25) is 0 Å². The quantitative estimate of drug-likeness (QED) is 0.417. The molecule has 0 bridgehead atoms. The van der Waals surface area contributed by atoms with Gasteiger partial charge in [0, 0.05) is 0 Å². The molecule has 0 aromatic rings. The van der Waals surface area contributed by atoms with E-state index in [0.717, 1.165) is 0 Å². The Hall–Kier alpha value is 0.317. The van der Waals surface area contributed by atoms with Gasteiger partial charge in [0.2, 0.25) is 0 Å². The number of rotatable bonds is 2. The molecular weight excluding hydrogens is 187 g/mol. The van der Waals surface area contributed by atoms with Gasteiger partial charge in [-0.1, -0.05) is 11.9 Å². The van der Waals surface area contributed by atoms with Crippen molar-refractivity contribution < 1.29 is 24.6 Å². The van der Waals surface area contributed by atoms with Crippen molar-refractivity contribution >= 4 is 39.7 Å². The van der Waals surface area contributed by atoms with E-state index >= 15 is 0 Å². The van der Waals surface area contributed by atoms with Crippen molar-refractivity contribution in [2.45, 2.75) is 0 Å². The van der Waals surface area contributed by atoms with Gasteiger partial charge in [-0.2, -0.15) is 16.8 Å². The van der Waals surface area contributed by atoms with Gasteiger partial charge >= 0.3 is 39.7 Å². The molecule has 10 heteroatoms. The van der Waals surface area contributed by atoms with Crippen molar-refractivity contribution in [2.75, 3.05) is 0 Å². The predicted molar refractivity (Wildman–Crippen MR) is 30.3 cm³/mol. The van der Waals surface area contributed by atoms with Crippen LogP contribution < -0.4 is 4.13 Å². The second kappa shape index (κ2) is 3.63. The first-order chi connectivity index (χ1) is 3.71. The monoisotopic (exact) mass is 189 g/mol. The van der Waals surface area contributed by atoms with Gasteiger partial charge in [-0.05, 0) is 0 Å². The Bertz CT molecular complexity index is 246. The van der Waals surface area contributed by atoms with Crippen LogP contribution in [0.1, 0.15) is 0 Å². The Morgan fingerprint density at radius 2 is 1.10 bits per heavy atom. The van der Waals surface area contributed by atoms with Gasteiger partial charge in [0.15, 0.2) is 0 Å². The number of hydrogen-bond acceptors (Lipinski definition) is 4. The molecule has 0 aromatic carbocycles. The van der Waals surface area contributed by atoms with Crippen LogP contribution >= 0.6 is 0 Å². The number of halogens is 2. The zero-order chi connectivity index (χ0) is 7.71. The van der Waals surface area contributed by atoms with E-state index < -0.39 is 20.8 Å².